The maximum absolute atomic E-state index is 6.50. The summed E-state index contributed by atoms with van der Waals surface area (Å²) in [6.07, 6.45) is 11.4. The van der Waals surface area contributed by atoms with Gasteiger partial charge in [-0.1, -0.05) is 46.0 Å². The molecule has 0 bridgehead atoms. The average molecular weight is 238 g/mol. The van der Waals surface area contributed by atoms with E-state index in [0.29, 0.717) is 0 Å². The third kappa shape index (κ3) is 8.21. The first-order valence-electron chi connectivity index (χ1n) is 7.35. The molecule has 0 aliphatic carbocycles. The fourth-order valence-electron chi connectivity index (χ4n) is 2.67. The molecule has 0 saturated carbocycles. The van der Waals surface area contributed by atoms with Gasteiger partial charge in [0.2, 0.25) is 0 Å². The normalized spacial score (nSPS) is 17.4. The molecular formula is C15H30N2. The van der Waals surface area contributed by atoms with Crippen LogP contribution >= 0.6 is 0 Å². The Bertz CT molecular complexity index is 166. The fourth-order valence-corrected chi connectivity index (χ4v) is 2.67. The average Bonchev–Trinajstić information content (AvgIpc) is 2.39. The van der Waals surface area contributed by atoms with Crippen molar-refractivity contribution in [3.8, 4) is 6.57 Å². The standard InChI is InChI=1S/C14H29N.CHN/c1-3-5-6-7-11-15-12-9-14(8-4-2)10-13-15;1-2/h14H,3-13H2,1-2H3;1H. The van der Waals surface area contributed by atoms with Crippen LogP contribution in [-0.2, 0) is 0 Å². The van der Waals surface area contributed by atoms with Gasteiger partial charge >= 0.3 is 0 Å². The van der Waals surface area contributed by atoms with Crippen molar-refractivity contribution < 1.29 is 0 Å². The van der Waals surface area contributed by atoms with Crippen molar-refractivity contribution in [3.63, 3.8) is 0 Å². The minimum Gasteiger partial charge on any atom is -0.303 e. The molecule has 0 spiro atoms. The number of rotatable bonds is 7. The lowest BCUT2D eigenvalue weighted by Crippen LogP contribution is -2.34. The Morgan fingerprint density at radius 3 is 2.18 bits per heavy atom. The van der Waals surface area contributed by atoms with Gasteiger partial charge in [-0.25, -0.2) is 5.26 Å². The minimum atomic E-state index is 1.04. The Labute approximate surface area is 108 Å². The highest BCUT2D eigenvalue weighted by Crippen LogP contribution is 2.21. The molecular weight excluding hydrogens is 208 g/mol. The minimum absolute atomic E-state index is 1.04. The largest absolute Gasteiger partial charge is 0.303 e. The van der Waals surface area contributed by atoms with E-state index in [4.69, 9.17) is 5.26 Å². The van der Waals surface area contributed by atoms with Gasteiger partial charge in [-0.3, -0.25) is 0 Å². The van der Waals surface area contributed by atoms with Gasteiger partial charge in [-0.05, 0) is 44.8 Å². The quantitative estimate of drug-likeness (QED) is 0.621. The number of unbranched alkanes of at least 4 members (excludes halogenated alkanes) is 3. The van der Waals surface area contributed by atoms with Crippen LogP contribution in [0, 0.1) is 17.8 Å². The van der Waals surface area contributed by atoms with Crippen LogP contribution < -0.4 is 0 Å². The topological polar surface area (TPSA) is 27.0 Å². The van der Waals surface area contributed by atoms with Crippen molar-refractivity contribution in [1.82, 2.24) is 4.90 Å². The number of hydrogen-bond donors (Lipinski definition) is 0. The highest BCUT2D eigenvalue weighted by molar-refractivity contribution is 4.71. The van der Waals surface area contributed by atoms with E-state index in [0.717, 1.165) is 5.92 Å². The van der Waals surface area contributed by atoms with E-state index in [1.54, 1.807) is 0 Å². The Kier molecular flexibility index (Phi) is 11.5. The zero-order chi connectivity index (χ0) is 12.9. The number of nitrogens with zero attached hydrogens (tertiary/aromatic N) is 2. The summed E-state index contributed by atoms with van der Waals surface area (Å²) >= 11 is 0. The first kappa shape index (κ1) is 16.4. The van der Waals surface area contributed by atoms with Crippen LogP contribution in [-0.4, -0.2) is 24.5 Å². The first-order valence-corrected chi connectivity index (χ1v) is 7.35. The molecule has 0 radical (unpaired) electrons. The summed E-state index contributed by atoms with van der Waals surface area (Å²) in [5.41, 5.74) is 0. The molecule has 0 aromatic carbocycles. The van der Waals surface area contributed by atoms with E-state index in [-0.39, 0.29) is 0 Å². The number of hydrogen-bond acceptors (Lipinski definition) is 2. The molecule has 100 valence electrons. The van der Waals surface area contributed by atoms with E-state index >= 15 is 0 Å². The smallest absolute Gasteiger partial charge is 0.0462 e. The number of piperidine rings is 1. The molecule has 17 heavy (non-hydrogen) atoms. The van der Waals surface area contributed by atoms with Gasteiger partial charge in [0.1, 0.15) is 0 Å². The second-order valence-corrected chi connectivity index (χ2v) is 5.13. The SMILES string of the molecule is C#N.CCCCCCN1CCC(CCC)CC1. The van der Waals surface area contributed by atoms with Gasteiger partial charge in [0.15, 0.2) is 0 Å². The van der Waals surface area contributed by atoms with Gasteiger partial charge in [-0.15, -0.1) is 0 Å². The molecule has 1 heterocycles. The van der Waals surface area contributed by atoms with Crippen molar-refractivity contribution in [2.45, 2.75) is 65.2 Å². The zero-order valence-electron chi connectivity index (χ0n) is 11.8. The van der Waals surface area contributed by atoms with Gasteiger partial charge in [0.05, 0.1) is 0 Å². The number of likely N-dealkylation sites (tertiary alicyclic amines) is 1. The second-order valence-electron chi connectivity index (χ2n) is 5.13. The molecule has 0 aromatic heterocycles. The van der Waals surface area contributed by atoms with E-state index in [1.165, 1.54) is 71.0 Å². The second kappa shape index (κ2) is 11.9. The van der Waals surface area contributed by atoms with Crippen LogP contribution in [0.25, 0.3) is 0 Å². The lowest BCUT2D eigenvalue weighted by molar-refractivity contribution is 0.175. The Morgan fingerprint density at radius 1 is 1.00 bits per heavy atom. The van der Waals surface area contributed by atoms with Crippen molar-refractivity contribution in [2.75, 3.05) is 19.6 Å². The van der Waals surface area contributed by atoms with Crippen LogP contribution in [0.5, 0.6) is 0 Å². The zero-order valence-corrected chi connectivity index (χ0v) is 11.8. The summed E-state index contributed by atoms with van der Waals surface area (Å²) in [7, 11) is 0. The lowest BCUT2D eigenvalue weighted by Gasteiger charge is -2.31. The van der Waals surface area contributed by atoms with Gasteiger partial charge in [-0.2, -0.15) is 0 Å². The summed E-state index contributed by atoms with van der Waals surface area (Å²) < 4.78 is 0. The third-order valence-electron chi connectivity index (χ3n) is 3.73. The van der Waals surface area contributed by atoms with Gasteiger partial charge < -0.3 is 4.90 Å². The fraction of sp³-hybridized carbons (Fsp3) is 0.933. The molecule has 1 aliphatic rings. The Balaban J connectivity index is 0.00000121. The molecule has 0 amide bonds. The van der Waals surface area contributed by atoms with Crippen LogP contribution in [0.3, 0.4) is 0 Å². The van der Waals surface area contributed by atoms with Crippen molar-refractivity contribution in [2.24, 2.45) is 5.92 Å². The Morgan fingerprint density at radius 2 is 1.65 bits per heavy atom. The molecule has 2 nitrogen and oxygen atoms in total. The Hall–Kier alpha value is -0.550. The molecule has 2 heteroatoms. The van der Waals surface area contributed by atoms with E-state index < -0.39 is 0 Å². The molecule has 0 atom stereocenters. The summed E-state index contributed by atoms with van der Waals surface area (Å²) in [5.74, 6) is 1.04. The molecule has 0 unspecified atom stereocenters. The molecule has 1 aliphatic heterocycles. The molecule has 1 saturated heterocycles. The maximum Gasteiger partial charge on any atom is 0.0462 e. The van der Waals surface area contributed by atoms with Crippen LogP contribution in [0.2, 0.25) is 0 Å². The molecule has 1 fully saturated rings. The van der Waals surface area contributed by atoms with Gasteiger partial charge in [0.25, 0.3) is 0 Å². The van der Waals surface area contributed by atoms with E-state index in [2.05, 4.69) is 25.3 Å². The van der Waals surface area contributed by atoms with Crippen LogP contribution in [0.4, 0.5) is 0 Å². The number of nitriles is 1. The van der Waals surface area contributed by atoms with Crippen molar-refractivity contribution in [1.29, 1.82) is 5.26 Å². The third-order valence-corrected chi connectivity index (χ3v) is 3.73. The lowest BCUT2D eigenvalue weighted by atomic mass is 9.92. The van der Waals surface area contributed by atoms with E-state index in [9.17, 15) is 0 Å². The van der Waals surface area contributed by atoms with E-state index in [1.807, 2.05) is 0 Å². The molecule has 0 aromatic rings. The predicted molar refractivity (Wildman–Crippen MR) is 74.9 cm³/mol. The summed E-state index contributed by atoms with van der Waals surface area (Å²) in [5, 5.41) is 6.50. The first-order chi connectivity index (χ1) is 8.36. The molecule has 1 rings (SSSR count). The highest BCUT2D eigenvalue weighted by Gasteiger charge is 2.17. The highest BCUT2D eigenvalue weighted by atomic mass is 15.1. The maximum atomic E-state index is 6.50. The molecule has 0 N–H and O–H groups in total. The summed E-state index contributed by atoms with van der Waals surface area (Å²) in [6, 6.07) is 0. The monoisotopic (exact) mass is 238 g/mol. The van der Waals surface area contributed by atoms with Crippen molar-refractivity contribution >= 4 is 0 Å². The van der Waals surface area contributed by atoms with Crippen molar-refractivity contribution in [3.05, 3.63) is 0 Å². The van der Waals surface area contributed by atoms with Crippen LogP contribution in [0.1, 0.15) is 65.2 Å². The predicted octanol–water partition coefficient (Wildman–Crippen LogP) is 4.22. The van der Waals surface area contributed by atoms with Gasteiger partial charge in [0, 0.05) is 6.57 Å². The summed E-state index contributed by atoms with van der Waals surface area (Å²) in [6.45, 7) is 12.2. The summed E-state index contributed by atoms with van der Waals surface area (Å²) in [4.78, 5) is 2.68. The van der Waals surface area contributed by atoms with Crippen LogP contribution in [0.15, 0.2) is 0 Å².